The predicted molar refractivity (Wildman–Crippen MR) is 85.4 cm³/mol. The van der Waals surface area contributed by atoms with Gasteiger partial charge >= 0.3 is 0 Å². The average molecular weight is 337 g/mol. The number of imidazole rings is 1. The first-order valence-electron chi connectivity index (χ1n) is 7.38. The van der Waals surface area contributed by atoms with E-state index in [-0.39, 0.29) is 11.9 Å². The van der Waals surface area contributed by atoms with Crippen LogP contribution in [0.2, 0.25) is 0 Å². The molecule has 1 fully saturated rings. The maximum Gasteiger partial charge on any atom is 0.272 e. The molecule has 0 spiro atoms. The van der Waals surface area contributed by atoms with Crippen LogP contribution in [0.15, 0.2) is 18.5 Å². The topological polar surface area (TPSA) is 99.3 Å². The minimum Gasteiger partial charge on any atom is -0.343 e. The molecular formula is C14H19N5O3S. The third-order valence-electron chi connectivity index (χ3n) is 4.26. The molecule has 2 aromatic rings. The number of pyridine rings is 1. The Kier molecular flexibility index (Phi) is 4.07. The van der Waals surface area contributed by atoms with Gasteiger partial charge in [-0.1, -0.05) is 0 Å². The summed E-state index contributed by atoms with van der Waals surface area (Å²) >= 11 is 0. The summed E-state index contributed by atoms with van der Waals surface area (Å²) in [5, 5.41) is 0. The monoisotopic (exact) mass is 337 g/mol. The van der Waals surface area contributed by atoms with Gasteiger partial charge in [0.1, 0.15) is 5.69 Å². The molecule has 0 atom stereocenters. The van der Waals surface area contributed by atoms with Gasteiger partial charge in [-0.15, -0.1) is 0 Å². The Morgan fingerprint density at radius 2 is 2.04 bits per heavy atom. The molecule has 3 rings (SSSR count). The largest absolute Gasteiger partial charge is 0.343 e. The lowest BCUT2D eigenvalue weighted by atomic mass is 10.0. The molecule has 0 bridgehead atoms. The molecule has 1 aliphatic heterocycles. The second-order valence-corrected chi connectivity index (χ2v) is 7.76. The van der Waals surface area contributed by atoms with Crippen molar-refractivity contribution in [3.8, 4) is 0 Å². The maximum atomic E-state index is 12.6. The number of piperidine rings is 1. The molecule has 2 aromatic heterocycles. The fourth-order valence-corrected chi connectivity index (χ4v) is 3.72. The van der Waals surface area contributed by atoms with E-state index < -0.39 is 10.0 Å². The van der Waals surface area contributed by atoms with Crippen molar-refractivity contribution in [1.29, 1.82) is 0 Å². The summed E-state index contributed by atoms with van der Waals surface area (Å²) in [6.07, 6.45) is 4.00. The highest BCUT2D eigenvalue weighted by Crippen LogP contribution is 2.19. The normalized spacial score (nSPS) is 17.5. The van der Waals surface area contributed by atoms with E-state index in [0.717, 1.165) is 5.52 Å². The number of carbonyl (C=O) groups is 1. The van der Waals surface area contributed by atoms with Crippen LogP contribution >= 0.6 is 0 Å². The predicted octanol–water partition coefficient (Wildman–Crippen LogP) is 0.454. The van der Waals surface area contributed by atoms with Crippen LogP contribution in [-0.4, -0.2) is 70.9 Å². The number of fused-ring (bicyclic) bond motifs is 1. The maximum absolute atomic E-state index is 12.6. The second kappa shape index (κ2) is 5.89. The molecule has 0 saturated carbocycles. The molecule has 8 nitrogen and oxygen atoms in total. The number of nitrogens with zero attached hydrogens (tertiary/aromatic N) is 4. The number of hydrogen-bond donors (Lipinski definition) is 1. The summed E-state index contributed by atoms with van der Waals surface area (Å²) in [6.45, 7) is 0.875. The fourth-order valence-electron chi connectivity index (χ4n) is 2.85. The SMILES string of the molecule is CN(C(=O)c1ccc2[nH]cnc2n1)C1CCN(S(C)(=O)=O)CC1. The zero-order valence-electron chi connectivity index (χ0n) is 13.1. The van der Waals surface area contributed by atoms with Crippen molar-refractivity contribution in [2.24, 2.45) is 0 Å². The number of sulfonamides is 1. The van der Waals surface area contributed by atoms with Crippen molar-refractivity contribution in [3.05, 3.63) is 24.2 Å². The van der Waals surface area contributed by atoms with E-state index in [4.69, 9.17) is 0 Å². The molecule has 0 radical (unpaired) electrons. The molecule has 23 heavy (non-hydrogen) atoms. The molecule has 3 heterocycles. The van der Waals surface area contributed by atoms with Crippen LogP contribution in [0.25, 0.3) is 11.2 Å². The van der Waals surface area contributed by atoms with E-state index in [1.807, 2.05) is 0 Å². The van der Waals surface area contributed by atoms with Crippen molar-refractivity contribution in [3.63, 3.8) is 0 Å². The van der Waals surface area contributed by atoms with Crippen molar-refractivity contribution in [1.82, 2.24) is 24.2 Å². The van der Waals surface area contributed by atoms with Gasteiger partial charge in [-0.3, -0.25) is 4.79 Å². The van der Waals surface area contributed by atoms with Gasteiger partial charge in [-0.2, -0.15) is 0 Å². The van der Waals surface area contributed by atoms with Crippen LogP contribution in [0.5, 0.6) is 0 Å². The van der Waals surface area contributed by atoms with Crippen LogP contribution in [-0.2, 0) is 10.0 Å². The highest BCUT2D eigenvalue weighted by Gasteiger charge is 2.29. The number of hydrogen-bond acceptors (Lipinski definition) is 5. The number of aromatic nitrogens is 3. The first-order chi connectivity index (χ1) is 10.9. The highest BCUT2D eigenvalue weighted by molar-refractivity contribution is 7.88. The van der Waals surface area contributed by atoms with E-state index in [2.05, 4.69) is 15.0 Å². The van der Waals surface area contributed by atoms with Gasteiger partial charge in [-0.05, 0) is 25.0 Å². The zero-order chi connectivity index (χ0) is 16.6. The Morgan fingerprint density at radius 3 is 2.70 bits per heavy atom. The van der Waals surface area contributed by atoms with E-state index in [1.54, 1.807) is 24.1 Å². The van der Waals surface area contributed by atoms with Crippen molar-refractivity contribution in [2.45, 2.75) is 18.9 Å². The summed E-state index contributed by atoms with van der Waals surface area (Å²) in [6, 6.07) is 3.46. The molecule has 124 valence electrons. The number of rotatable bonds is 3. The second-order valence-electron chi connectivity index (χ2n) is 5.78. The standard InChI is InChI=1S/C14H19N5O3S/c1-18(10-5-7-19(8-6-10)23(2,21)22)14(20)12-4-3-11-13(17-12)16-9-15-11/h3-4,9-10H,5-8H2,1-2H3,(H,15,16,17). The van der Waals surface area contributed by atoms with Crippen LogP contribution in [0, 0.1) is 0 Å². The van der Waals surface area contributed by atoms with Gasteiger partial charge in [0.25, 0.3) is 5.91 Å². The molecular weight excluding hydrogens is 318 g/mol. The van der Waals surface area contributed by atoms with Crippen LogP contribution < -0.4 is 0 Å². The van der Waals surface area contributed by atoms with Crippen molar-refractivity contribution >= 4 is 27.1 Å². The fraction of sp³-hybridized carbons (Fsp3) is 0.500. The number of H-pyrrole nitrogens is 1. The molecule has 0 unspecified atom stereocenters. The smallest absolute Gasteiger partial charge is 0.272 e. The summed E-state index contributed by atoms with van der Waals surface area (Å²) in [5.74, 6) is -0.173. The Morgan fingerprint density at radius 1 is 1.35 bits per heavy atom. The summed E-state index contributed by atoms with van der Waals surface area (Å²) in [5.41, 5.74) is 1.64. The van der Waals surface area contributed by atoms with Crippen molar-refractivity contribution < 1.29 is 13.2 Å². The van der Waals surface area contributed by atoms with E-state index in [1.165, 1.54) is 16.9 Å². The number of nitrogens with one attached hydrogen (secondary N) is 1. The quantitative estimate of drug-likeness (QED) is 0.877. The van der Waals surface area contributed by atoms with E-state index in [0.29, 0.717) is 37.3 Å². The number of aromatic amines is 1. The minimum atomic E-state index is -3.16. The summed E-state index contributed by atoms with van der Waals surface area (Å²) in [4.78, 5) is 25.5. The summed E-state index contributed by atoms with van der Waals surface area (Å²) in [7, 11) is -1.42. The average Bonchev–Trinajstić information content (AvgIpc) is 3.00. The minimum absolute atomic E-state index is 0.0113. The molecule has 1 saturated heterocycles. The van der Waals surface area contributed by atoms with Crippen LogP contribution in [0.3, 0.4) is 0 Å². The molecule has 1 amide bonds. The Labute approximate surface area is 134 Å². The molecule has 9 heteroatoms. The van der Waals surface area contributed by atoms with Gasteiger partial charge in [0.15, 0.2) is 5.65 Å². The van der Waals surface area contributed by atoms with Crippen LogP contribution in [0.4, 0.5) is 0 Å². The van der Waals surface area contributed by atoms with Gasteiger partial charge in [0.05, 0.1) is 18.1 Å². The molecule has 0 aliphatic carbocycles. The first kappa shape index (κ1) is 15.9. The van der Waals surface area contributed by atoms with Gasteiger partial charge in [-0.25, -0.2) is 22.7 Å². The van der Waals surface area contributed by atoms with Crippen molar-refractivity contribution in [2.75, 3.05) is 26.4 Å². The molecule has 1 N–H and O–H groups in total. The lowest BCUT2D eigenvalue weighted by molar-refractivity contribution is 0.0676. The lowest BCUT2D eigenvalue weighted by Gasteiger charge is -2.35. The Bertz CT molecular complexity index is 824. The number of carbonyl (C=O) groups excluding carboxylic acids is 1. The lowest BCUT2D eigenvalue weighted by Crippen LogP contribution is -2.47. The summed E-state index contributed by atoms with van der Waals surface area (Å²) < 4.78 is 24.5. The van der Waals surface area contributed by atoms with Gasteiger partial charge < -0.3 is 9.88 Å². The molecule has 1 aliphatic rings. The highest BCUT2D eigenvalue weighted by atomic mass is 32.2. The zero-order valence-corrected chi connectivity index (χ0v) is 13.9. The van der Waals surface area contributed by atoms with Crippen LogP contribution in [0.1, 0.15) is 23.3 Å². The van der Waals surface area contributed by atoms with E-state index >= 15 is 0 Å². The van der Waals surface area contributed by atoms with Gasteiger partial charge in [0.2, 0.25) is 10.0 Å². The van der Waals surface area contributed by atoms with E-state index in [9.17, 15) is 13.2 Å². The molecule has 0 aromatic carbocycles. The first-order valence-corrected chi connectivity index (χ1v) is 9.23. The Balaban J connectivity index is 1.70. The third-order valence-corrected chi connectivity index (χ3v) is 5.56. The number of amides is 1. The third kappa shape index (κ3) is 3.20. The Hall–Kier alpha value is -2.00. The van der Waals surface area contributed by atoms with Gasteiger partial charge in [0, 0.05) is 26.2 Å².